The van der Waals surface area contributed by atoms with Gasteiger partial charge < -0.3 is 26.5 Å². The SMILES string of the molecule is CCCC[C@H](NC(=O)[C@H](N)CC(C)C)C(=O)N[C@H](Cc1c[nH]c2ccccc12)C(=O)O. The van der Waals surface area contributed by atoms with Gasteiger partial charge in [-0.2, -0.15) is 0 Å². The van der Waals surface area contributed by atoms with E-state index in [9.17, 15) is 19.5 Å². The molecule has 1 heterocycles. The standard InChI is InChI=1S/C23H34N4O4/c1-4-5-9-19(26-21(28)17(24)11-14(2)3)22(29)27-20(23(30)31)12-15-13-25-18-10-7-6-8-16(15)18/h6-8,10,13-14,17,19-20,25H,4-5,9,11-12,24H2,1-3H3,(H,26,28)(H,27,29)(H,30,31)/t17-,19+,20-/m1/s1. The predicted molar refractivity (Wildman–Crippen MR) is 120 cm³/mol. The summed E-state index contributed by atoms with van der Waals surface area (Å²) in [4.78, 5) is 40.3. The van der Waals surface area contributed by atoms with E-state index >= 15 is 0 Å². The Hall–Kier alpha value is -2.87. The number of carboxylic acids is 1. The largest absolute Gasteiger partial charge is 0.480 e. The molecule has 2 amide bonds. The van der Waals surface area contributed by atoms with Gasteiger partial charge in [0, 0.05) is 23.5 Å². The van der Waals surface area contributed by atoms with Gasteiger partial charge in [0.05, 0.1) is 6.04 Å². The number of hydrogen-bond acceptors (Lipinski definition) is 4. The first-order valence-electron chi connectivity index (χ1n) is 10.9. The Bertz CT molecular complexity index is 893. The number of aliphatic carboxylic acids is 1. The van der Waals surface area contributed by atoms with Gasteiger partial charge in [-0.25, -0.2) is 4.79 Å². The third kappa shape index (κ3) is 7.10. The van der Waals surface area contributed by atoms with Crippen LogP contribution in [0.15, 0.2) is 30.5 Å². The number of para-hydroxylation sites is 1. The molecule has 1 aromatic heterocycles. The molecule has 0 saturated heterocycles. The lowest BCUT2D eigenvalue weighted by atomic mass is 10.0. The zero-order valence-corrected chi connectivity index (χ0v) is 18.5. The number of benzene rings is 1. The zero-order chi connectivity index (χ0) is 23.0. The average molecular weight is 431 g/mol. The van der Waals surface area contributed by atoms with Crippen molar-refractivity contribution in [3.05, 3.63) is 36.0 Å². The van der Waals surface area contributed by atoms with Crippen LogP contribution in [0, 0.1) is 5.92 Å². The highest BCUT2D eigenvalue weighted by atomic mass is 16.4. The van der Waals surface area contributed by atoms with Gasteiger partial charge in [0.1, 0.15) is 12.1 Å². The number of unbranched alkanes of at least 4 members (excludes halogenated alkanes) is 1. The number of H-pyrrole nitrogens is 1. The number of fused-ring (bicyclic) bond motifs is 1. The molecule has 0 spiro atoms. The second kappa shape index (κ2) is 11.5. The van der Waals surface area contributed by atoms with Crippen LogP contribution in [0.3, 0.4) is 0 Å². The number of carbonyl (C=O) groups excluding carboxylic acids is 2. The molecule has 1 aromatic carbocycles. The fraction of sp³-hybridized carbons (Fsp3) is 0.522. The van der Waals surface area contributed by atoms with Crippen molar-refractivity contribution in [2.45, 2.75) is 71.0 Å². The first-order chi connectivity index (χ1) is 14.7. The lowest BCUT2D eigenvalue weighted by Gasteiger charge is -2.23. The van der Waals surface area contributed by atoms with E-state index in [1.807, 2.05) is 45.0 Å². The van der Waals surface area contributed by atoms with Crippen LogP contribution in [0.5, 0.6) is 0 Å². The number of hydrogen-bond donors (Lipinski definition) is 5. The van der Waals surface area contributed by atoms with Crippen molar-refractivity contribution in [2.24, 2.45) is 11.7 Å². The predicted octanol–water partition coefficient (Wildman–Crippen LogP) is 2.33. The van der Waals surface area contributed by atoms with Gasteiger partial charge in [-0.3, -0.25) is 9.59 Å². The maximum absolute atomic E-state index is 12.9. The molecular weight excluding hydrogens is 396 g/mol. The highest BCUT2D eigenvalue weighted by molar-refractivity contribution is 5.92. The molecule has 0 radical (unpaired) electrons. The summed E-state index contributed by atoms with van der Waals surface area (Å²) < 4.78 is 0. The maximum Gasteiger partial charge on any atom is 0.326 e. The Kier molecular flexibility index (Phi) is 9.05. The lowest BCUT2D eigenvalue weighted by Crippen LogP contribution is -2.55. The minimum Gasteiger partial charge on any atom is -0.480 e. The number of nitrogens with two attached hydrogens (primary N) is 1. The highest BCUT2D eigenvalue weighted by Crippen LogP contribution is 2.19. The molecule has 170 valence electrons. The summed E-state index contributed by atoms with van der Waals surface area (Å²) in [5, 5.41) is 15.9. The number of aromatic amines is 1. The second-order valence-electron chi connectivity index (χ2n) is 8.40. The van der Waals surface area contributed by atoms with Crippen molar-refractivity contribution in [3.63, 3.8) is 0 Å². The average Bonchev–Trinajstić information content (AvgIpc) is 3.12. The topological polar surface area (TPSA) is 137 Å². The number of carboxylic acid groups (broad SMARTS) is 1. The molecule has 0 fully saturated rings. The quantitative estimate of drug-likeness (QED) is 0.352. The monoisotopic (exact) mass is 430 g/mol. The van der Waals surface area contributed by atoms with Crippen molar-refractivity contribution < 1.29 is 19.5 Å². The maximum atomic E-state index is 12.9. The van der Waals surface area contributed by atoms with E-state index in [-0.39, 0.29) is 12.3 Å². The highest BCUT2D eigenvalue weighted by Gasteiger charge is 2.28. The number of amides is 2. The van der Waals surface area contributed by atoms with Crippen molar-refractivity contribution in [3.8, 4) is 0 Å². The third-order valence-corrected chi connectivity index (χ3v) is 5.25. The van der Waals surface area contributed by atoms with Crippen molar-refractivity contribution >= 4 is 28.7 Å². The van der Waals surface area contributed by atoms with Crippen molar-refractivity contribution in [1.82, 2.24) is 15.6 Å². The Morgan fingerprint density at radius 2 is 1.77 bits per heavy atom. The Labute approximate surface area is 183 Å². The van der Waals surface area contributed by atoms with E-state index in [2.05, 4.69) is 15.6 Å². The summed E-state index contributed by atoms with van der Waals surface area (Å²) in [5.41, 5.74) is 7.65. The number of aromatic nitrogens is 1. The molecule has 0 saturated carbocycles. The van der Waals surface area contributed by atoms with Crippen LogP contribution in [0.2, 0.25) is 0 Å². The van der Waals surface area contributed by atoms with Crippen LogP contribution >= 0.6 is 0 Å². The van der Waals surface area contributed by atoms with Gasteiger partial charge in [0.15, 0.2) is 0 Å². The number of rotatable bonds is 12. The zero-order valence-electron chi connectivity index (χ0n) is 18.5. The van der Waals surface area contributed by atoms with E-state index < -0.39 is 35.9 Å². The minimum atomic E-state index is -1.13. The fourth-order valence-corrected chi connectivity index (χ4v) is 3.56. The summed E-state index contributed by atoms with van der Waals surface area (Å²) >= 11 is 0. The number of nitrogens with one attached hydrogen (secondary N) is 3. The van der Waals surface area contributed by atoms with Gasteiger partial charge in [0.2, 0.25) is 11.8 Å². The first kappa shape index (κ1) is 24.4. The number of carbonyl (C=O) groups is 3. The molecule has 8 nitrogen and oxygen atoms in total. The molecule has 3 atom stereocenters. The minimum absolute atomic E-state index is 0.131. The van der Waals surface area contributed by atoms with E-state index in [0.29, 0.717) is 12.8 Å². The van der Waals surface area contributed by atoms with E-state index in [1.165, 1.54) is 0 Å². The van der Waals surface area contributed by atoms with Crippen LogP contribution in [-0.2, 0) is 20.8 Å². The van der Waals surface area contributed by atoms with Crippen LogP contribution in [0.4, 0.5) is 0 Å². The molecule has 6 N–H and O–H groups in total. The molecule has 0 bridgehead atoms. The van der Waals surface area contributed by atoms with Crippen LogP contribution < -0.4 is 16.4 Å². The van der Waals surface area contributed by atoms with E-state index in [1.54, 1.807) is 6.20 Å². The van der Waals surface area contributed by atoms with Crippen LogP contribution in [0.25, 0.3) is 10.9 Å². The summed E-state index contributed by atoms with van der Waals surface area (Å²) in [6, 6.07) is 4.94. The van der Waals surface area contributed by atoms with Crippen LogP contribution in [0.1, 0.15) is 52.0 Å². The van der Waals surface area contributed by atoms with Gasteiger partial charge in [-0.1, -0.05) is 51.8 Å². The molecule has 31 heavy (non-hydrogen) atoms. The Morgan fingerprint density at radius 3 is 2.42 bits per heavy atom. The smallest absolute Gasteiger partial charge is 0.326 e. The molecular formula is C23H34N4O4. The third-order valence-electron chi connectivity index (χ3n) is 5.25. The summed E-state index contributed by atoms with van der Waals surface area (Å²) in [5.74, 6) is -1.79. The van der Waals surface area contributed by atoms with Crippen LogP contribution in [-0.4, -0.2) is 46.0 Å². The van der Waals surface area contributed by atoms with Gasteiger partial charge >= 0.3 is 5.97 Å². The molecule has 0 aliphatic carbocycles. The van der Waals surface area contributed by atoms with E-state index in [0.717, 1.165) is 29.3 Å². The van der Waals surface area contributed by atoms with E-state index in [4.69, 9.17) is 5.73 Å². The molecule has 2 rings (SSSR count). The van der Waals surface area contributed by atoms with Gasteiger partial charge in [-0.15, -0.1) is 0 Å². The van der Waals surface area contributed by atoms with Crippen molar-refractivity contribution in [1.29, 1.82) is 0 Å². The van der Waals surface area contributed by atoms with Gasteiger partial charge in [0.25, 0.3) is 0 Å². The lowest BCUT2D eigenvalue weighted by molar-refractivity contribution is -0.142. The Morgan fingerprint density at radius 1 is 1.10 bits per heavy atom. The first-order valence-corrected chi connectivity index (χ1v) is 10.9. The normalized spacial score (nSPS) is 14.2. The molecule has 0 unspecified atom stereocenters. The summed E-state index contributed by atoms with van der Waals surface area (Å²) in [7, 11) is 0. The summed E-state index contributed by atoms with van der Waals surface area (Å²) in [6.45, 7) is 5.92. The fourth-order valence-electron chi connectivity index (χ4n) is 3.56. The molecule has 2 aromatic rings. The molecule has 0 aliphatic heterocycles. The van der Waals surface area contributed by atoms with Gasteiger partial charge in [-0.05, 0) is 30.4 Å². The molecule has 8 heteroatoms. The Balaban J connectivity index is 2.10. The second-order valence-corrected chi connectivity index (χ2v) is 8.40. The van der Waals surface area contributed by atoms with Crippen molar-refractivity contribution in [2.75, 3.05) is 0 Å². The summed E-state index contributed by atoms with van der Waals surface area (Å²) in [6.07, 6.45) is 4.38. The molecule has 0 aliphatic rings.